The molecule has 0 aliphatic heterocycles. The number of rotatable bonds is 4. The van der Waals surface area contributed by atoms with Gasteiger partial charge in [0.15, 0.2) is 0 Å². The highest BCUT2D eigenvalue weighted by Gasteiger charge is 2.12. The molecule has 6 heteroatoms. The van der Waals surface area contributed by atoms with Gasteiger partial charge in [0.25, 0.3) is 5.69 Å². The predicted octanol–water partition coefficient (Wildman–Crippen LogP) is 2.97. The number of anilines is 1. The third-order valence-corrected chi connectivity index (χ3v) is 3.32. The first-order valence-electron chi connectivity index (χ1n) is 5.04. The van der Waals surface area contributed by atoms with Crippen LogP contribution in [0.25, 0.3) is 0 Å². The summed E-state index contributed by atoms with van der Waals surface area (Å²) in [4.78, 5) is 15.6. The van der Waals surface area contributed by atoms with Crippen LogP contribution >= 0.6 is 11.3 Å². The van der Waals surface area contributed by atoms with Gasteiger partial charge in [0.1, 0.15) is 5.69 Å². The van der Waals surface area contributed by atoms with E-state index in [1.165, 1.54) is 17.4 Å². The fourth-order valence-electron chi connectivity index (χ4n) is 1.45. The van der Waals surface area contributed by atoms with Crippen molar-refractivity contribution in [3.05, 3.63) is 50.5 Å². The molecule has 0 saturated heterocycles. The third kappa shape index (κ3) is 2.59. The number of aromatic nitrogens is 1. The van der Waals surface area contributed by atoms with Gasteiger partial charge in [-0.2, -0.15) is 0 Å². The molecule has 0 amide bonds. The van der Waals surface area contributed by atoms with Crippen molar-refractivity contribution in [2.24, 2.45) is 0 Å². The average molecular weight is 249 g/mol. The second kappa shape index (κ2) is 4.92. The number of hydrogen-bond acceptors (Lipinski definition) is 5. The van der Waals surface area contributed by atoms with Gasteiger partial charge in [-0.3, -0.25) is 10.1 Å². The highest BCUT2D eigenvalue weighted by Crippen LogP contribution is 2.24. The monoisotopic (exact) mass is 249 g/mol. The zero-order valence-electron chi connectivity index (χ0n) is 9.21. The summed E-state index contributed by atoms with van der Waals surface area (Å²) in [6.45, 7) is 2.48. The van der Waals surface area contributed by atoms with E-state index in [1.807, 2.05) is 6.92 Å². The van der Waals surface area contributed by atoms with Crippen molar-refractivity contribution in [3.8, 4) is 0 Å². The van der Waals surface area contributed by atoms with Gasteiger partial charge in [0.2, 0.25) is 0 Å². The zero-order chi connectivity index (χ0) is 12.3. The van der Waals surface area contributed by atoms with Crippen molar-refractivity contribution in [3.63, 3.8) is 0 Å². The standard InChI is InChI=1S/C11H11N3O2S/c1-8-11(17-7-13-8)6-12-9-4-2-3-5-10(9)14(15)16/h2-5,7,12H,6H2,1H3. The largest absolute Gasteiger partial charge is 0.375 e. The van der Waals surface area contributed by atoms with Crippen molar-refractivity contribution in [1.29, 1.82) is 0 Å². The molecule has 0 aliphatic carbocycles. The summed E-state index contributed by atoms with van der Waals surface area (Å²) in [5, 5.41) is 13.9. The lowest BCUT2D eigenvalue weighted by Crippen LogP contribution is -2.02. The van der Waals surface area contributed by atoms with E-state index in [-0.39, 0.29) is 10.6 Å². The minimum Gasteiger partial charge on any atom is -0.375 e. The SMILES string of the molecule is Cc1ncsc1CNc1ccccc1[N+](=O)[O-]. The van der Waals surface area contributed by atoms with E-state index in [2.05, 4.69) is 10.3 Å². The molecule has 0 saturated carbocycles. The molecule has 17 heavy (non-hydrogen) atoms. The fraction of sp³-hybridized carbons (Fsp3) is 0.182. The lowest BCUT2D eigenvalue weighted by Gasteiger charge is -2.05. The molecule has 5 nitrogen and oxygen atoms in total. The van der Waals surface area contributed by atoms with Crippen LogP contribution in [-0.4, -0.2) is 9.91 Å². The predicted molar refractivity (Wildman–Crippen MR) is 67.3 cm³/mol. The maximum atomic E-state index is 10.8. The second-order valence-corrected chi connectivity index (χ2v) is 4.43. The van der Waals surface area contributed by atoms with Crippen molar-refractivity contribution in [2.45, 2.75) is 13.5 Å². The molecule has 2 aromatic rings. The molecular formula is C11H11N3O2S. The Bertz CT molecular complexity index is 539. The Morgan fingerprint density at radius 3 is 2.88 bits per heavy atom. The van der Waals surface area contributed by atoms with Crippen molar-refractivity contribution in [2.75, 3.05) is 5.32 Å². The van der Waals surface area contributed by atoms with E-state index >= 15 is 0 Å². The number of hydrogen-bond donors (Lipinski definition) is 1. The van der Waals surface area contributed by atoms with Crippen LogP contribution in [0.3, 0.4) is 0 Å². The summed E-state index contributed by atoms with van der Waals surface area (Å²) < 4.78 is 0. The molecule has 1 N–H and O–H groups in total. The molecule has 2 rings (SSSR count). The number of benzene rings is 1. The number of nitrogens with zero attached hydrogens (tertiary/aromatic N) is 2. The number of aryl methyl sites for hydroxylation is 1. The number of nitro benzene ring substituents is 1. The van der Waals surface area contributed by atoms with E-state index in [0.717, 1.165) is 10.6 Å². The molecule has 1 aromatic carbocycles. The molecule has 0 atom stereocenters. The average Bonchev–Trinajstić information content (AvgIpc) is 2.72. The second-order valence-electron chi connectivity index (χ2n) is 3.49. The molecular weight excluding hydrogens is 238 g/mol. The third-order valence-electron chi connectivity index (χ3n) is 2.38. The van der Waals surface area contributed by atoms with Crippen LogP contribution in [0.15, 0.2) is 29.8 Å². The van der Waals surface area contributed by atoms with Crippen LogP contribution in [0, 0.1) is 17.0 Å². The van der Waals surface area contributed by atoms with E-state index in [9.17, 15) is 10.1 Å². The summed E-state index contributed by atoms with van der Waals surface area (Å²) in [7, 11) is 0. The molecule has 0 radical (unpaired) electrons. The summed E-state index contributed by atoms with van der Waals surface area (Å²) in [5.74, 6) is 0. The summed E-state index contributed by atoms with van der Waals surface area (Å²) >= 11 is 1.54. The normalized spacial score (nSPS) is 10.2. The lowest BCUT2D eigenvalue weighted by molar-refractivity contribution is -0.384. The van der Waals surface area contributed by atoms with Crippen molar-refractivity contribution in [1.82, 2.24) is 4.98 Å². The van der Waals surface area contributed by atoms with Crippen LogP contribution in [0.2, 0.25) is 0 Å². The molecule has 0 fully saturated rings. The summed E-state index contributed by atoms with van der Waals surface area (Å²) in [6, 6.07) is 6.62. The molecule has 0 unspecified atom stereocenters. The van der Waals surface area contributed by atoms with Gasteiger partial charge in [-0.1, -0.05) is 12.1 Å². The van der Waals surface area contributed by atoms with Gasteiger partial charge in [-0.25, -0.2) is 4.98 Å². The van der Waals surface area contributed by atoms with Gasteiger partial charge in [-0.05, 0) is 13.0 Å². The van der Waals surface area contributed by atoms with Crippen LogP contribution < -0.4 is 5.32 Å². The minimum absolute atomic E-state index is 0.0923. The van der Waals surface area contributed by atoms with Crippen LogP contribution in [0.4, 0.5) is 11.4 Å². The topological polar surface area (TPSA) is 68.1 Å². The van der Waals surface area contributed by atoms with E-state index in [4.69, 9.17) is 0 Å². The summed E-state index contributed by atoms with van der Waals surface area (Å²) in [6.07, 6.45) is 0. The Labute approximate surface area is 102 Å². The molecule has 0 spiro atoms. The molecule has 0 aliphatic rings. The van der Waals surface area contributed by atoms with Gasteiger partial charge in [0.05, 0.1) is 22.7 Å². The molecule has 1 heterocycles. The smallest absolute Gasteiger partial charge is 0.292 e. The van der Waals surface area contributed by atoms with Crippen molar-refractivity contribution < 1.29 is 4.92 Å². The molecule has 88 valence electrons. The highest BCUT2D eigenvalue weighted by molar-refractivity contribution is 7.09. The number of nitro groups is 1. The number of para-hydroxylation sites is 2. The Balaban J connectivity index is 2.14. The first-order valence-corrected chi connectivity index (χ1v) is 5.92. The van der Waals surface area contributed by atoms with E-state index in [1.54, 1.807) is 23.7 Å². The summed E-state index contributed by atoms with van der Waals surface area (Å²) in [5.41, 5.74) is 3.35. The number of thiazole rings is 1. The quantitative estimate of drug-likeness (QED) is 0.668. The van der Waals surface area contributed by atoms with Gasteiger partial charge < -0.3 is 5.32 Å². The van der Waals surface area contributed by atoms with Gasteiger partial charge >= 0.3 is 0 Å². The van der Waals surface area contributed by atoms with Crippen LogP contribution in [0.1, 0.15) is 10.6 Å². The lowest BCUT2D eigenvalue weighted by atomic mass is 10.2. The first kappa shape index (κ1) is 11.5. The van der Waals surface area contributed by atoms with Crippen molar-refractivity contribution >= 4 is 22.7 Å². The van der Waals surface area contributed by atoms with E-state index in [0.29, 0.717) is 12.2 Å². The molecule has 1 aromatic heterocycles. The minimum atomic E-state index is -0.387. The fourth-order valence-corrected chi connectivity index (χ4v) is 2.17. The van der Waals surface area contributed by atoms with E-state index < -0.39 is 0 Å². The first-order chi connectivity index (χ1) is 8.18. The number of nitrogens with one attached hydrogen (secondary N) is 1. The highest BCUT2D eigenvalue weighted by atomic mass is 32.1. The van der Waals surface area contributed by atoms with Gasteiger partial charge in [0, 0.05) is 10.9 Å². The maximum Gasteiger partial charge on any atom is 0.292 e. The van der Waals surface area contributed by atoms with Gasteiger partial charge in [-0.15, -0.1) is 11.3 Å². The van der Waals surface area contributed by atoms with Crippen LogP contribution in [-0.2, 0) is 6.54 Å². The Morgan fingerprint density at radius 2 is 2.24 bits per heavy atom. The maximum absolute atomic E-state index is 10.8. The molecule has 0 bridgehead atoms. The Kier molecular flexibility index (Phi) is 3.34. The zero-order valence-corrected chi connectivity index (χ0v) is 10.0. The Hall–Kier alpha value is -1.95. The van der Waals surface area contributed by atoms with Crippen LogP contribution in [0.5, 0.6) is 0 Å². The Morgan fingerprint density at radius 1 is 1.47 bits per heavy atom.